The number of piperidine rings is 1. The van der Waals surface area contributed by atoms with Crippen molar-refractivity contribution in [2.24, 2.45) is 5.92 Å². The first-order valence-corrected chi connectivity index (χ1v) is 8.54. The fourth-order valence-electron chi connectivity index (χ4n) is 3.24. The summed E-state index contributed by atoms with van der Waals surface area (Å²) in [6.07, 6.45) is 4.20. The highest BCUT2D eigenvalue weighted by atomic mass is 16.2. The van der Waals surface area contributed by atoms with Crippen molar-refractivity contribution in [1.82, 2.24) is 20.2 Å². The summed E-state index contributed by atoms with van der Waals surface area (Å²) in [5.74, 6) is 0.209. The van der Waals surface area contributed by atoms with Crippen LogP contribution in [0.2, 0.25) is 0 Å². The van der Waals surface area contributed by atoms with E-state index in [0.29, 0.717) is 18.2 Å². The number of amides is 2. The van der Waals surface area contributed by atoms with Crippen LogP contribution in [0.25, 0.3) is 0 Å². The molecule has 25 heavy (non-hydrogen) atoms. The Labute approximate surface area is 147 Å². The third-order valence-electron chi connectivity index (χ3n) is 4.51. The van der Waals surface area contributed by atoms with Gasteiger partial charge < -0.3 is 10.2 Å². The second-order valence-electron chi connectivity index (χ2n) is 6.30. The molecule has 1 aromatic carbocycles. The Morgan fingerprint density at radius 3 is 2.80 bits per heavy atom. The van der Waals surface area contributed by atoms with Crippen LogP contribution >= 0.6 is 0 Å². The van der Waals surface area contributed by atoms with Crippen molar-refractivity contribution in [3.05, 3.63) is 59.7 Å². The highest BCUT2D eigenvalue weighted by molar-refractivity contribution is 5.94. The van der Waals surface area contributed by atoms with Gasteiger partial charge in [0, 0.05) is 31.4 Å². The quantitative estimate of drug-likeness (QED) is 0.924. The Bertz CT molecular complexity index is 748. The molecule has 0 bridgehead atoms. The Morgan fingerprint density at radius 1 is 1.24 bits per heavy atom. The number of carbonyl (C=O) groups excluding carboxylic acids is 2. The molecule has 2 aromatic rings. The van der Waals surface area contributed by atoms with Crippen LogP contribution in [-0.4, -0.2) is 46.8 Å². The van der Waals surface area contributed by atoms with Crippen molar-refractivity contribution in [2.45, 2.75) is 19.3 Å². The SMILES string of the molecule is CNC(=O)c1cc(C[C@@H]2CCCN(C(=O)c3ccccc3)C2)ncn1. The molecule has 0 saturated carbocycles. The molecule has 1 fully saturated rings. The molecule has 2 heterocycles. The van der Waals surface area contributed by atoms with Crippen molar-refractivity contribution in [3.8, 4) is 0 Å². The van der Waals surface area contributed by atoms with Crippen LogP contribution in [0.3, 0.4) is 0 Å². The van der Waals surface area contributed by atoms with Gasteiger partial charge in [-0.05, 0) is 43.4 Å². The molecular formula is C19H22N4O2. The second-order valence-corrected chi connectivity index (χ2v) is 6.30. The maximum absolute atomic E-state index is 12.6. The van der Waals surface area contributed by atoms with Gasteiger partial charge in [-0.2, -0.15) is 0 Å². The Hall–Kier alpha value is -2.76. The average Bonchev–Trinajstić information content (AvgIpc) is 2.68. The fraction of sp³-hybridized carbons (Fsp3) is 0.368. The molecule has 3 rings (SSSR count). The molecule has 1 N–H and O–H groups in total. The largest absolute Gasteiger partial charge is 0.354 e. The number of benzene rings is 1. The molecular weight excluding hydrogens is 316 g/mol. The zero-order valence-corrected chi connectivity index (χ0v) is 14.3. The Kier molecular flexibility index (Phi) is 5.38. The van der Waals surface area contributed by atoms with E-state index in [4.69, 9.17) is 0 Å². The molecule has 0 unspecified atom stereocenters. The summed E-state index contributed by atoms with van der Waals surface area (Å²) in [4.78, 5) is 34.5. The van der Waals surface area contributed by atoms with Crippen LogP contribution in [-0.2, 0) is 6.42 Å². The number of nitrogens with one attached hydrogen (secondary N) is 1. The summed E-state index contributed by atoms with van der Waals surface area (Å²) in [6.45, 7) is 1.50. The van der Waals surface area contributed by atoms with E-state index in [1.807, 2.05) is 35.2 Å². The van der Waals surface area contributed by atoms with Crippen molar-refractivity contribution in [1.29, 1.82) is 0 Å². The van der Waals surface area contributed by atoms with E-state index in [1.54, 1.807) is 13.1 Å². The van der Waals surface area contributed by atoms with Crippen molar-refractivity contribution in [3.63, 3.8) is 0 Å². The summed E-state index contributed by atoms with van der Waals surface area (Å²) < 4.78 is 0. The molecule has 0 spiro atoms. The van der Waals surface area contributed by atoms with Crippen LogP contribution in [0.5, 0.6) is 0 Å². The lowest BCUT2D eigenvalue weighted by Crippen LogP contribution is -2.40. The predicted octanol–water partition coefficient (Wildman–Crippen LogP) is 1.93. The zero-order chi connectivity index (χ0) is 17.6. The van der Waals surface area contributed by atoms with Gasteiger partial charge in [-0.25, -0.2) is 9.97 Å². The lowest BCUT2D eigenvalue weighted by atomic mass is 9.92. The third kappa shape index (κ3) is 4.21. The highest BCUT2D eigenvalue weighted by Crippen LogP contribution is 2.21. The minimum Gasteiger partial charge on any atom is -0.354 e. The summed E-state index contributed by atoms with van der Waals surface area (Å²) in [6, 6.07) is 11.1. The smallest absolute Gasteiger partial charge is 0.269 e. The van der Waals surface area contributed by atoms with Crippen molar-refractivity contribution in [2.75, 3.05) is 20.1 Å². The minimum atomic E-state index is -0.215. The molecule has 0 aliphatic carbocycles. The predicted molar refractivity (Wildman–Crippen MR) is 94.2 cm³/mol. The first kappa shape index (κ1) is 17.1. The van der Waals surface area contributed by atoms with E-state index in [0.717, 1.165) is 37.1 Å². The second kappa shape index (κ2) is 7.88. The van der Waals surface area contributed by atoms with Gasteiger partial charge in [0.1, 0.15) is 12.0 Å². The zero-order valence-electron chi connectivity index (χ0n) is 14.3. The van der Waals surface area contributed by atoms with E-state index in [2.05, 4.69) is 15.3 Å². The number of nitrogens with zero attached hydrogens (tertiary/aromatic N) is 3. The number of hydrogen-bond donors (Lipinski definition) is 1. The summed E-state index contributed by atoms with van der Waals surface area (Å²) in [5.41, 5.74) is 1.94. The first-order valence-electron chi connectivity index (χ1n) is 8.54. The summed E-state index contributed by atoms with van der Waals surface area (Å²) >= 11 is 0. The number of aromatic nitrogens is 2. The van der Waals surface area contributed by atoms with Crippen LogP contribution in [0, 0.1) is 5.92 Å². The first-order chi connectivity index (χ1) is 12.2. The van der Waals surface area contributed by atoms with E-state index in [-0.39, 0.29) is 11.8 Å². The number of carbonyl (C=O) groups is 2. The maximum atomic E-state index is 12.6. The van der Waals surface area contributed by atoms with Gasteiger partial charge in [-0.1, -0.05) is 18.2 Å². The molecule has 0 radical (unpaired) electrons. The molecule has 130 valence electrons. The molecule has 2 amide bonds. The van der Waals surface area contributed by atoms with E-state index < -0.39 is 0 Å². The Balaban J connectivity index is 1.66. The van der Waals surface area contributed by atoms with Gasteiger partial charge in [0.05, 0.1) is 0 Å². The van der Waals surface area contributed by atoms with Gasteiger partial charge >= 0.3 is 0 Å². The topological polar surface area (TPSA) is 75.2 Å². The number of rotatable bonds is 4. The normalized spacial score (nSPS) is 17.2. The fourth-order valence-corrected chi connectivity index (χ4v) is 3.24. The molecule has 1 atom stereocenters. The monoisotopic (exact) mass is 338 g/mol. The minimum absolute atomic E-state index is 0.0824. The van der Waals surface area contributed by atoms with E-state index >= 15 is 0 Å². The molecule has 6 heteroatoms. The summed E-state index contributed by atoms with van der Waals surface area (Å²) in [7, 11) is 1.58. The van der Waals surface area contributed by atoms with Gasteiger partial charge in [0.15, 0.2) is 0 Å². The van der Waals surface area contributed by atoms with Crippen LogP contribution < -0.4 is 5.32 Å². The van der Waals surface area contributed by atoms with Crippen molar-refractivity contribution < 1.29 is 9.59 Å². The lowest BCUT2D eigenvalue weighted by molar-refractivity contribution is 0.0672. The summed E-state index contributed by atoms with van der Waals surface area (Å²) in [5, 5.41) is 2.57. The lowest BCUT2D eigenvalue weighted by Gasteiger charge is -2.32. The third-order valence-corrected chi connectivity index (χ3v) is 4.51. The molecule has 1 aliphatic heterocycles. The van der Waals surface area contributed by atoms with E-state index in [1.165, 1.54) is 6.33 Å². The number of likely N-dealkylation sites (tertiary alicyclic amines) is 1. The Morgan fingerprint density at radius 2 is 2.04 bits per heavy atom. The standard InChI is InChI=1S/C19H22N4O2/c1-20-18(24)17-11-16(21-13-22-17)10-14-6-5-9-23(12-14)19(25)15-7-3-2-4-8-15/h2-4,7-8,11,13-14H,5-6,9-10,12H2,1H3,(H,20,24)/t14-/m0/s1. The molecule has 1 aliphatic rings. The van der Waals surface area contributed by atoms with Crippen LogP contribution in [0.1, 0.15) is 39.4 Å². The van der Waals surface area contributed by atoms with E-state index in [9.17, 15) is 9.59 Å². The number of hydrogen-bond acceptors (Lipinski definition) is 4. The maximum Gasteiger partial charge on any atom is 0.269 e. The highest BCUT2D eigenvalue weighted by Gasteiger charge is 2.25. The van der Waals surface area contributed by atoms with Gasteiger partial charge in [0.25, 0.3) is 11.8 Å². The molecule has 1 saturated heterocycles. The molecule has 6 nitrogen and oxygen atoms in total. The van der Waals surface area contributed by atoms with Gasteiger partial charge in [0.2, 0.25) is 0 Å². The van der Waals surface area contributed by atoms with Gasteiger partial charge in [-0.15, -0.1) is 0 Å². The van der Waals surface area contributed by atoms with Crippen molar-refractivity contribution >= 4 is 11.8 Å². The van der Waals surface area contributed by atoms with Crippen LogP contribution in [0.4, 0.5) is 0 Å². The molecule has 1 aromatic heterocycles. The van der Waals surface area contributed by atoms with Gasteiger partial charge in [-0.3, -0.25) is 9.59 Å². The van der Waals surface area contributed by atoms with Crippen LogP contribution in [0.15, 0.2) is 42.7 Å². The average molecular weight is 338 g/mol.